The first-order valence-corrected chi connectivity index (χ1v) is 7.36. The number of rotatable bonds is 2. The van der Waals surface area contributed by atoms with Gasteiger partial charge in [0, 0.05) is 17.0 Å². The SMILES string of the molecule is Cc1ccccc1-c1cc(=O)oc2cc(C3CC3)ccc12. The van der Waals surface area contributed by atoms with E-state index in [9.17, 15) is 4.79 Å². The zero-order chi connectivity index (χ0) is 14.4. The third-order valence-corrected chi connectivity index (χ3v) is 4.25. The molecule has 2 heteroatoms. The van der Waals surface area contributed by atoms with Crippen molar-refractivity contribution in [3.63, 3.8) is 0 Å². The van der Waals surface area contributed by atoms with Gasteiger partial charge in [0.1, 0.15) is 5.58 Å². The van der Waals surface area contributed by atoms with Gasteiger partial charge in [-0.2, -0.15) is 0 Å². The van der Waals surface area contributed by atoms with Crippen LogP contribution in [0.5, 0.6) is 0 Å². The molecule has 1 aromatic heterocycles. The first-order valence-electron chi connectivity index (χ1n) is 7.36. The Hall–Kier alpha value is -2.35. The lowest BCUT2D eigenvalue weighted by Crippen LogP contribution is -1.99. The van der Waals surface area contributed by atoms with E-state index in [1.165, 1.54) is 18.4 Å². The molecule has 0 radical (unpaired) electrons. The fourth-order valence-electron chi connectivity index (χ4n) is 2.95. The highest BCUT2D eigenvalue weighted by molar-refractivity contribution is 5.94. The lowest BCUT2D eigenvalue weighted by molar-refractivity contribution is 0.561. The Bertz CT molecular complexity index is 885. The van der Waals surface area contributed by atoms with Crippen molar-refractivity contribution in [2.75, 3.05) is 0 Å². The van der Waals surface area contributed by atoms with Crippen LogP contribution in [0.4, 0.5) is 0 Å². The summed E-state index contributed by atoms with van der Waals surface area (Å²) in [7, 11) is 0. The average Bonchev–Trinajstić information content (AvgIpc) is 3.31. The van der Waals surface area contributed by atoms with Crippen molar-refractivity contribution in [3.05, 3.63) is 70.1 Å². The molecule has 1 aliphatic rings. The summed E-state index contributed by atoms with van der Waals surface area (Å²) < 4.78 is 5.43. The highest BCUT2D eigenvalue weighted by Crippen LogP contribution is 2.41. The van der Waals surface area contributed by atoms with Crippen molar-refractivity contribution in [1.29, 1.82) is 0 Å². The minimum absolute atomic E-state index is 0.284. The molecule has 3 aromatic rings. The molecule has 2 aromatic carbocycles. The van der Waals surface area contributed by atoms with Crippen LogP contribution in [0.3, 0.4) is 0 Å². The first-order chi connectivity index (χ1) is 10.2. The van der Waals surface area contributed by atoms with Gasteiger partial charge in [0.15, 0.2) is 0 Å². The monoisotopic (exact) mass is 276 g/mol. The molecule has 1 fully saturated rings. The van der Waals surface area contributed by atoms with Gasteiger partial charge in [0.25, 0.3) is 0 Å². The quantitative estimate of drug-likeness (QED) is 0.638. The van der Waals surface area contributed by atoms with Crippen LogP contribution in [0.1, 0.15) is 29.9 Å². The van der Waals surface area contributed by atoms with Crippen LogP contribution in [0, 0.1) is 6.92 Å². The summed E-state index contributed by atoms with van der Waals surface area (Å²) in [6, 6.07) is 16.0. The Kier molecular flexibility index (Phi) is 2.71. The van der Waals surface area contributed by atoms with Gasteiger partial charge in [-0.1, -0.05) is 36.4 Å². The summed E-state index contributed by atoms with van der Waals surface area (Å²) in [5.74, 6) is 0.654. The van der Waals surface area contributed by atoms with E-state index in [1.54, 1.807) is 6.07 Å². The Labute approximate surface area is 123 Å². The molecule has 0 unspecified atom stereocenters. The maximum absolute atomic E-state index is 11.9. The van der Waals surface area contributed by atoms with E-state index >= 15 is 0 Å². The molecular weight excluding hydrogens is 260 g/mol. The van der Waals surface area contributed by atoms with Gasteiger partial charge in [-0.15, -0.1) is 0 Å². The minimum atomic E-state index is -0.284. The van der Waals surface area contributed by atoms with Crippen molar-refractivity contribution in [2.24, 2.45) is 0 Å². The maximum atomic E-state index is 11.9. The summed E-state index contributed by atoms with van der Waals surface area (Å²) >= 11 is 0. The van der Waals surface area contributed by atoms with Crippen LogP contribution < -0.4 is 5.63 Å². The molecule has 4 rings (SSSR count). The van der Waals surface area contributed by atoms with E-state index in [0.29, 0.717) is 11.5 Å². The molecule has 0 bridgehead atoms. The highest BCUT2D eigenvalue weighted by Gasteiger charge is 2.24. The van der Waals surface area contributed by atoms with Gasteiger partial charge in [0.2, 0.25) is 0 Å². The van der Waals surface area contributed by atoms with Gasteiger partial charge in [-0.25, -0.2) is 4.79 Å². The van der Waals surface area contributed by atoms with Gasteiger partial charge in [0.05, 0.1) is 0 Å². The molecule has 0 atom stereocenters. The molecule has 1 aliphatic carbocycles. The Morgan fingerprint density at radius 3 is 2.57 bits per heavy atom. The number of hydrogen-bond donors (Lipinski definition) is 0. The third kappa shape index (κ3) is 2.17. The van der Waals surface area contributed by atoms with Gasteiger partial charge in [-0.3, -0.25) is 0 Å². The molecule has 1 saturated carbocycles. The number of fused-ring (bicyclic) bond motifs is 1. The fourth-order valence-corrected chi connectivity index (χ4v) is 2.95. The summed E-state index contributed by atoms with van der Waals surface area (Å²) in [4.78, 5) is 11.9. The molecule has 1 heterocycles. The van der Waals surface area contributed by atoms with Crippen LogP contribution in [0.15, 0.2) is 57.7 Å². The second kappa shape index (κ2) is 4.59. The number of aryl methyl sites for hydroxylation is 1. The van der Waals surface area contributed by atoms with Gasteiger partial charge < -0.3 is 4.42 Å². The molecule has 0 N–H and O–H groups in total. The van der Waals surface area contributed by atoms with Gasteiger partial charge >= 0.3 is 5.63 Å². The predicted octanol–water partition coefficient (Wildman–Crippen LogP) is 4.65. The van der Waals surface area contributed by atoms with Crippen LogP contribution in [0.2, 0.25) is 0 Å². The van der Waals surface area contributed by atoms with E-state index in [-0.39, 0.29) is 5.63 Å². The van der Waals surface area contributed by atoms with Crippen molar-refractivity contribution in [1.82, 2.24) is 0 Å². The highest BCUT2D eigenvalue weighted by atomic mass is 16.4. The summed E-state index contributed by atoms with van der Waals surface area (Å²) in [6.45, 7) is 2.06. The molecular formula is C19H16O2. The molecule has 0 saturated heterocycles. The molecule has 0 spiro atoms. The molecule has 21 heavy (non-hydrogen) atoms. The van der Waals surface area contributed by atoms with Crippen LogP contribution in [-0.2, 0) is 0 Å². The van der Waals surface area contributed by atoms with Gasteiger partial charge in [-0.05, 0) is 48.4 Å². The fraction of sp³-hybridized carbons (Fsp3) is 0.211. The topological polar surface area (TPSA) is 30.2 Å². The molecule has 0 amide bonds. The Morgan fingerprint density at radius 1 is 1.00 bits per heavy atom. The standard InChI is InChI=1S/C19H16O2/c1-12-4-2-3-5-15(12)17-11-19(20)21-18-10-14(13-6-7-13)8-9-16(17)18/h2-5,8-11,13H,6-7H2,1H3. The molecule has 2 nitrogen and oxygen atoms in total. The van der Waals surface area contributed by atoms with Crippen LogP contribution in [-0.4, -0.2) is 0 Å². The average molecular weight is 276 g/mol. The van der Waals surface area contributed by atoms with E-state index in [4.69, 9.17) is 4.42 Å². The summed E-state index contributed by atoms with van der Waals surface area (Å²) in [5, 5.41) is 1.01. The first kappa shape index (κ1) is 12.4. The summed E-state index contributed by atoms with van der Waals surface area (Å²) in [6.07, 6.45) is 2.49. The van der Waals surface area contributed by atoms with Crippen molar-refractivity contribution >= 4 is 11.0 Å². The van der Waals surface area contributed by atoms with E-state index in [0.717, 1.165) is 22.1 Å². The van der Waals surface area contributed by atoms with Crippen molar-refractivity contribution in [3.8, 4) is 11.1 Å². The lowest BCUT2D eigenvalue weighted by atomic mass is 9.97. The Morgan fingerprint density at radius 2 is 1.81 bits per heavy atom. The largest absolute Gasteiger partial charge is 0.423 e. The zero-order valence-corrected chi connectivity index (χ0v) is 11.9. The lowest BCUT2D eigenvalue weighted by Gasteiger charge is -2.09. The van der Waals surface area contributed by atoms with E-state index < -0.39 is 0 Å². The second-order valence-corrected chi connectivity index (χ2v) is 5.82. The minimum Gasteiger partial charge on any atom is -0.423 e. The number of benzene rings is 2. The normalized spacial score (nSPS) is 14.5. The summed E-state index contributed by atoms with van der Waals surface area (Å²) in [5.41, 5.74) is 4.92. The molecule has 0 aliphatic heterocycles. The maximum Gasteiger partial charge on any atom is 0.336 e. The third-order valence-electron chi connectivity index (χ3n) is 4.25. The van der Waals surface area contributed by atoms with Crippen LogP contribution >= 0.6 is 0 Å². The van der Waals surface area contributed by atoms with E-state index in [1.807, 2.05) is 18.2 Å². The Balaban J connectivity index is 2.00. The second-order valence-electron chi connectivity index (χ2n) is 5.82. The number of hydrogen-bond acceptors (Lipinski definition) is 2. The van der Waals surface area contributed by atoms with Crippen LogP contribution in [0.25, 0.3) is 22.1 Å². The smallest absolute Gasteiger partial charge is 0.336 e. The predicted molar refractivity (Wildman–Crippen MR) is 84.6 cm³/mol. The molecule has 104 valence electrons. The van der Waals surface area contributed by atoms with Crippen molar-refractivity contribution < 1.29 is 4.42 Å². The van der Waals surface area contributed by atoms with E-state index in [2.05, 4.69) is 31.2 Å². The zero-order valence-electron chi connectivity index (χ0n) is 11.9. The van der Waals surface area contributed by atoms with Crippen molar-refractivity contribution in [2.45, 2.75) is 25.7 Å².